The normalized spacial score (nSPS) is 11.1. The third-order valence-corrected chi connectivity index (χ3v) is 3.19. The molecule has 0 aliphatic rings. The van der Waals surface area contributed by atoms with Crippen molar-refractivity contribution in [3.8, 4) is 0 Å². The minimum absolute atomic E-state index is 0. The third kappa shape index (κ3) is 14.1. The van der Waals surface area contributed by atoms with E-state index in [0.29, 0.717) is 5.57 Å². The summed E-state index contributed by atoms with van der Waals surface area (Å²) in [4.78, 5) is 22.3. The number of ketones is 1. The quantitative estimate of drug-likeness (QED) is 0.467. The predicted octanol–water partition coefficient (Wildman–Crippen LogP) is 1.65. The Bertz CT molecular complexity index is 270. The van der Waals surface area contributed by atoms with E-state index >= 15 is 0 Å². The van der Waals surface area contributed by atoms with E-state index in [2.05, 4.69) is 26.6 Å². The SMILES string of the molecule is C=C(C)C([CH2-])=O.CC(C(=O)O)N(C)C[Si](C)C.[Y]. The van der Waals surface area contributed by atoms with Crippen LogP contribution in [0.4, 0.5) is 0 Å². The molecule has 0 heterocycles. The van der Waals surface area contributed by atoms with Crippen LogP contribution in [0.25, 0.3) is 0 Å². The number of hydrogen-bond acceptors (Lipinski definition) is 3. The standard InChI is InChI=1S/C7H16NO2Si.C5H7O.Y/c1-6(7(9)10)8(2)5-11(3)4;1-4(2)5(3)6;/h6H,5H2,1-4H3,(H,9,10);1,3H2,2H3;/q;-1;. The van der Waals surface area contributed by atoms with E-state index in [1.807, 2.05) is 11.9 Å². The maximum Gasteiger partial charge on any atom is 0.320 e. The van der Waals surface area contributed by atoms with Crippen LogP contribution in [0.5, 0.6) is 0 Å². The van der Waals surface area contributed by atoms with Gasteiger partial charge in [-0.1, -0.05) is 13.1 Å². The molecule has 0 aliphatic heterocycles. The summed E-state index contributed by atoms with van der Waals surface area (Å²) in [5, 5.41) is 8.63. The van der Waals surface area contributed by atoms with E-state index in [1.54, 1.807) is 13.8 Å². The minimum atomic E-state index is -0.740. The number of Topliss-reactive ketones (excluding diaryl/α,β-unsaturated/α-hetero) is 1. The number of carboxylic acid groups (broad SMARTS) is 1. The first kappa shape index (κ1) is 23.1. The first-order chi connectivity index (χ1) is 7.59. The van der Waals surface area contributed by atoms with Crippen molar-refractivity contribution in [2.75, 3.05) is 13.2 Å². The molecule has 0 saturated heterocycles. The van der Waals surface area contributed by atoms with Gasteiger partial charge in [0, 0.05) is 38.5 Å². The van der Waals surface area contributed by atoms with Crippen molar-refractivity contribution in [3.05, 3.63) is 19.1 Å². The molecule has 1 N–H and O–H groups in total. The zero-order valence-corrected chi connectivity index (χ0v) is 15.8. The van der Waals surface area contributed by atoms with Crippen LogP contribution in [0.15, 0.2) is 12.2 Å². The summed E-state index contributed by atoms with van der Waals surface area (Å²) >= 11 is 0. The third-order valence-electron chi connectivity index (χ3n) is 2.06. The van der Waals surface area contributed by atoms with Crippen LogP contribution in [0.2, 0.25) is 13.1 Å². The van der Waals surface area contributed by atoms with E-state index in [-0.39, 0.29) is 53.3 Å². The largest absolute Gasteiger partial charge is 0.480 e. The molecule has 0 aromatic rings. The second-order valence-corrected chi connectivity index (χ2v) is 7.07. The van der Waals surface area contributed by atoms with Crippen molar-refractivity contribution in [3.63, 3.8) is 0 Å². The summed E-state index contributed by atoms with van der Waals surface area (Å²) in [5.41, 5.74) is 0.509. The van der Waals surface area contributed by atoms with Gasteiger partial charge in [-0.2, -0.15) is 19.1 Å². The molecule has 0 amide bonds. The van der Waals surface area contributed by atoms with Crippen LogP contribution >= 0.6 is 0 Å². The maximum absolute atomic E-state index is 10.5. The molecular formula is C12H23NO3SiY-. The second kappa shape index (κ2) is 12.1. The van der Waals surface area contributed by atoms with Gasteiger partial charge in [-0.25, -0.2) is 0 Å². The Balaban J connectivity index is -0.000000277. The number of allylic oxidation sites excluding steroid dienone is 1. The molecule has 1 atom stereocenters. The Morgan fingerprint density at radius 1 is 1.44 bits per heavy atom. The molecule has 0 aromatic heterocycles. The summed E-state index contributed by atoms with van der Waals surface area (Å²) in [6.07, 6.45) is 0.929. The number of likely N-dealkylation sites (N-methyl/N-ethyl adjacent to an activating group) is 1. The molecule has 0 rings (SSSR count). The smallest absolute Gasteiger partial charge is 0.320 e. The van der Waals surface area contributed by atoms with Crippen molar-refractivity contribution in [2.24, 2.45) is 0 Å². The molecule has 4 nitrogen and oxygen atoms in total. The average molecular weight is 346 g/mol. The Morgan fingerprint density at radius 3 is 1.94 bits per heavy atom. The fourth-order valence-corrected chi connectivity index (χ4v) is 2.10. The number of rotatable bonds is 5. The Labute approximate surface area is 137 Å². The van der Waals surface area contributed by atoms with Gasteiger partial charge in [0.2, 0.25) is 0 Å². The van der Waals surface area contributed by atoms with Crippen LogP contribution in [-0.4, -0.2) is 49.8 Å². The first-order valence-electron chi connectivity index (χ1n) is 5.33. The van der Waals surface area contributed by atoms with Crippen molar-refractivity contribution in [2.45, 2.75) is 33.0 Å². The molecule has 0 aliphatic carbocycles. The molecule has 102 valence electrons. The molecule has 2 radical (unpaired) electrons. The Kier molecular flexibility index (Phi) is 15.5. The number of carboxylic acids is 1. The topological polar surface area (TPSA) is 57.6 Å². The van der Waals surface area contributed by atoms with E-state index < -0.39 is 5.97 Å². The molecule has 0 fully saturated rings. The van der Waals surface area contributed by atoms with Crippen molar-refractivity contribution >= 4 is 20.5 Å². The summed E-state index contributed by atoms with van der Waals surface area (Å²) in [5.74, 6) is -0.925. The summed E-state index contributed by atoms with van der Waals surface area (Å²) in [7, 11) is 1.51. The minimum Gasteiger partial charge on any atom is -0.480 e. The van der Waals surface area contributed by atoms with Crippen LogP contribution in [-0.2, 0) is 42.3 Å². The van der Waals surface area contributed by atoms with E-state index in [4.69, 9.17) is 5.11 Å². The van der Waals surface area contributed by atoms with E-state index in [1.165, 1.54) is 0 Å². The van der Waals surface area contributed by atoms with Gasteiger partial charge < -0.3 is 9.90 Å². The molecule has 1 unspecified atom stereocenters. The second-order valence-electron chi connectivity index (χ2n) is 4.34. The molecule has 6 heteroatoms. The van der Waals surface area contributed by atoms with Gasteiger partial charge >= 0.3 is 5.97 Å². The predicted molar refractivity (Wildman–Crippen MR) is 72.4 cm³/mol. The van der Waals surface area contributed by atoms with Crippen LogP contribution in [0.3, 0.4) is 0 Å². The van der Waals surface area contributed by atoms with Gasteiger partial charge in [0.05, 0.1) is 8.80 Å². The number of aliphatic carboxylic acids is 1. The Morgan fingerprint density at radius 2 is 1.78 bits per heavy atom. The molecule has 0 saturated carbocycles. The van der Waals surface area contributed by atoms with Gasteiger partial charge in [0.25, 0.3) is 0 Å². The molecule has 0 spiro atoms. The van der Waals surface area contributed by atoms with Gasteiger partial charge in [-0.05, 0) is 20.1 Å². The van der Waals surface area contributed by atoms with Gasteiger partial charge in [-0.3, -0.25) is 9.69 Å². The average Bonchev–Trinajstić information content (AvgIpc) is 2.15. The van der Waals surface area contributed by atoms with Crippen molar-refractivity contribution < 1.29 is 47.4 Å². The number of nitrogens with zero attached hydrogens (tertiary/aromatic N) is 1. The molecule has 18 heavy (non-hydrogen) atoms. The zero-order valence-electron chi connectivity index (χ0n) is 12.0. The first-order valence-corrected chi connectivity index (χ1v) is 8.04. The van der Waals surface area contributed by atoms with E-state index in [9.17, 15) is 9.59 Å². The zero-order chi connectivity index (χ0) is 14.2. The number of carbonyl (C=O) groups excluding carboxylic acids is 1. The van der Waals surface area contributed by atoms with Gasteiger partial charge in [-0.15, -0.1) is 6.92 Å². The monoisotopic (exact) mass is 346 g/mol. The Hall–Kier alpha value is 0.0308. The van der Waals surface area contributed by atoms with Crippen molar-refractivity contribution in [1.82, 2.24) is 4.90 Å². The van der Waals surface area contributed by atoms with E-state index in [0.717, 1.165) is 6.17 Å². The molecule has 0 aromatic carbocycles. The van der Waals surface area contributed by atoms with Crippen LogP contribution in [0, 0.1) is 6.92 Å². The van der Waals surface area contributed by atoms with Gasteiger partial charge in [0.1, 0.15) is 6.04 Å². The van der Waals surface area contributed by atoms with Gasteiger partial charge in [0.15, 0.2) is 0 Å². The summed E-state index contributed by atoms with van der Waals surface area (Å²) in [6, 6.07) is -0.352. The van der Waals surface area contributed by atoms with Crippen LogP contribution < -0.4 is 0 Å². The molecule has 0 bridgehead atoms. The fraction of sp³-hybridized carbons (Fsp3) is 0.583. The fourth-order valence-electron chi connectivity index (χ4n) is 0.824. The molecular weight excluding hydrogens is 323 g/mol. The maximum atomic E-state index is 10.5. The van der Waals surface area contributed by atoms with Crippen molar-refractivity contribution in [1.29, 1.82) is 0 Å². The number of hydrogen-bond donors (Lipinski definition) is 1. The van der Waals surface area contributed by atoms with Crippen LogP contribution in [0.1, 0.15) is 13.8 Å². The summed E-state index contributed by atoms with van der Waals surface area (Å²) < 4.78 is 0. The number of carbonyl (C=O) groups is 2. The summed E-state index contributed by atoms with van der Waals surface area (Å²) in [6.45, 7) is 14.1.